The Labute approximate surface area is 124 Å². The lowest BCUT2D eigenvalue weighted by molar-refractivity contribution is -0.148. The van der Waals surface area contributed by atoms with E-state index in [0.717, 1.165) is 13.0 Å². The van der Waals surface area contributed by atoms with Crippen molar-refractivity contribution < 1.29 is 9.53 Å². The highest BCUT2D eigenvalue weighted by Crippen LogP contribution is 2.46. The summed E-state index contributed by atoms with van der Waals surface area (Å²) in [6.45, 7) is 3.12. The number of hydrogen-bond acceptors (Lipinski definition) is 3. The normalized spacial score (nSPS) is 27.8. The number of benzene rings is 1. The van der Waals surface area contributed by atoms with Crippen LogP contribution in [-0.2, 0) is 16.0 Å². The molecule has 1 N–H and O–H groups in total. The van der Waals surface area contributed by atoms with E-state index in [-0.39, 0.29) is 17.8 Å². The van der Waals surface area contributed by atoms with Gasteiger partial charge in [-0.05, 0) is 37.6 Å². The fourth-order valence-electron chi connectivity index (χ4n) is 4.23. The monoisotopic (exact) mass is 284 g/mol. The molecule has 2 aromatic rings. The molecule has 4 nitrogen and oxygen atoms in total. The van der Waals surface area contributed by atoms with Gasteiger partial charge in [0.15, 0.2) is 0 Å². The third kappa shape index (κ3) is 1.75. The van der Waals surface area contributed by atoms with E-state index in [1.807, 2.05) is 6.92 Å². The van der Waals surface area contributed by atoms with Crippen molar-refractivity contribution in [3.8, 4) is 0 Å². The molecule has 4 heteroatoms. The number of rotatable bonds is 2. The number of H-pyrrole nitrogens is 1. The molecule has 1 saturated heterocycles. The van der Waals surface area contributed by atoms with Crippen LogP contribution in [0.25, 0.3) is 10.9 Å². The number of aromatic amines is 1. The van der Waals surface area contributed by atoms with E-state index in [1.165, 1.54) is 22.0 Å². The van der Waals surface area contributed by atoms with Crippen LogP contribution in [0.4, 0.5) is 0 Å². The van der Waals surface area contributed by atoms with Crippen molar-refractivity contribution in [3.63, 3.8) is 0 Å². The lowest BCUT2D eigenvalue weighted by Crippen LogP contribution is -2.33. The molecular formula is C17H20N2O2. The van der Waals surface area contributed by atoms with Crippen LogP contribution in [0.2, 0.25) is 0 Å². The number of esters is 1. The Kier molecular flexibility index (Phi) is 2.82. The van der Waals surface area contributed by atoms with Crippen molar-refractivity contribution >= 4 is 16.9 Å². The van der Waals surface area contributed by atoms with Crippen LogP contribution in [-0.4, -0.2) is 42.1 Å². The molecule has 0 radical (unpaired) electrons. The second kappa shape index (κ2) is 4.60. The maximum absolute atomic E-state index is 12.4. The molecule has 2 heterocycles. The number of nitrogens with zero attached hydrogens (tertiary/aromatic N) is 1. The fourth-order valence-corrected chi connectivity index (χ4v) is 4.23. The summed E-state index contributed by atoms with van der Waals surface area (Å²) in [6.07, 6.45) is 3.13. The zero-order chi connectivity index (χ0) is 14.6. The second-order valence-electron chi connectivity index (χ2n) is 6.18. The van der Waals surface area contributed by atoms with Gasteiger partial charge in [-0.25, -0.2) is 0 Å². The van der Waals surface area contributed by atoms with Crippen LogP contribution in [0.3, 0.4) is 0 Å². The predicted molar refractivity (Wildman–Crippen MR) is 81.3 cm³/mol. The van der Waals surface area contributed by atoms with Gasteiger partial charge in [0.25, 0.3) is 0 Å². The summed E-state index contributed by atoms with van der Waals surface area (Å²) in [4.78, 5) is 18.0. The molecule has 0 saturated carbocycles. The van der Waals surface area contributed by atoms with Gasteiger partial charge in [-0.3, -0.25) is 4.79 Å². The Bertz CT molecular complexity index is 706. The number of likely N-dealkylation sites (tertiary alicyclic amines) is 1. The summed E-state index contributed by atoms with van der Waals surface area (Å²) in [5, 5.41) is 1.32. The fraction of sp³-hybridized carbons (Fsp3) is 0.471. The highest BCUT2D eigenvalue weighted by Gasteiger charge is 2.47. The minimum absolute atomic E-state index is 0.0476. The second-order valence-corrected chi connectivity index (χ2v) is 6.18. The Balaban J connectivity index is 1.84. The number of likely N-dealkylation sites (N-methyl/N-ethyl adjacent to an activating group) is 1. The van der Waals surface area contributed by atoms with E-state index >= 15 is 0 Å². The summed E-state index contributed by atoms with van der Waals surface area (Å²) >= 11 is 0. The molecule has 4 rings (SSSR count). The molecule has 1 aromatic heterocycles. The molecule has 1 aliphatic heterocycles. The van der Waals surface area contributed by atoms with Crippen molar-refractivity contribution in [2.75, 3.05) is 20.2 Å². The van der Waals surface area contributed by atoms with Gasteiger partial charge in [0.05, 0.1) is 12.5 Å². The average Bonchev–Trinajstić information content (AvgIpc) is 3.04. The first-order valence-corrected chi connectivity index (χ1v) is 7.66. The van der Waals surface area contributed by atoms with Gasteiger partial charge in [-0.1, -0.05) is 12.1 Å². The van der Waals surface area contributed by atoms with Crippen LogP contribution < -0.4 is 0 Å². The van der Waals surface area contributed by atoms with Gasteiger partial charge in [-0.15, -0.1) is 0 Å². The maximum Gasteiger partial charge on any atom is 0.310 e. The lowest BCUT2D eigenvalue weighted by atomic mass is 9.76. The molecule has 0 spiro atoms. The van der Waals surface area contributed by atoms with E-state index in [9.17, 15) is 4.79 Å². The number of nitrogens with one attached hydrogen (secondary N) is 1. The first-order chi connectivity index (χ1) is 10.2. The molecular weight excluding hydrogens is 264 g/mol. The number of ether oxygens (including phenoxy) is 1. The summed E-state index contributed by atoms with van der Waals surface area (Å²) in [6, 6.07) is 6.77. The molecule has 21 heavy (non-hydrogen) atoms. The van der Waals surface area contributed by atoms with Gasteiger partial charge >= 0.3 is 5.97 Å². The topological polar surface area (TPSA) is 45.3 Å². The van der Waals surface area contributed by atoms with Crippen molar-refractivity contribution in [2.45, 2.75) is 25.3 Å². The first-order valence-electron chi connectivity index (χ1n) is 7.66. The van der Waals surface area contributed by atoms with Crippen LogP contribution in [0.15, 0.2) is 24.4 Å². The number of carbonyl (C=O) groups excluding carboxylic acids is 1. The zero-order valence-corrected chi connectivity index (χ0v) is 12.4. The molecule has 3 atom stereocenters. The van der Waals surface area contributed by atoms with Gasteiger partial charge in [0, 0.05) is 35.6 Å². The van der Waals surface area contributed by atoms with Gasteiger partial charge < -0.3 is 14.6 Å². The van der Waals surface area contributed by atoms with Gasteiger partial charge in [-0.2, -0.15) is 0 Å². The molecule has 1 aliphatic carbocycles. The zero-order valence-electron chi connectivity index (χ0n) is 12.4. The largest absolute Gasteiger partial charge is 0.466 e. The molecule has 1 aromatic carbocycles. The minimum Gasteiger partial charge on any atom is -0.466 e. The van der Waals surface area contributed by atoms with E-state index in [4.69, 9.17) is 4.74 Å². The molecule has 0 amide bonds. The van der Waals surface area contributed by atoms with Crippen molar-refractivity contribution in [1.82, 2.24) is 9.88 Å². The van der Waals surface area contributed by atoms with Crippen LogP contribution in [0.1, 0.15) is 24.0 Å². The predicted octanol–water partition coefficient (Wildman–Crippen LogP) is 2.30. The van der Waals surface area contributed by atoms with E-state index in [1.54, 1.807) is 0 Å². The third-order valence-corrected chi connectivity index (χ3v) is 5.10. The highest BCUT2D eigenvalue weighted by molar-refractivity contribution is 5.89. The molecule has 2 aliphatic rings. The van der Waals surface area contributed by atoms with Crippen LogP contribution in [0.5, 0.6) is 0 Å². The number of carbonyl (C=O) groups is 1. The maximum atomic E-state index is 12.4. The summed E-state index contributed by atoms with van der Waals surface area (Å²) in [5.41, 5.74) is 3.86. The van der Waals surface area contributed by atoms with E-state index < -0.39 is 0 Å². The standard InChI is InChI=1S/C17H20N2O2/c1-3-21-17(20)12-9-19(2)14-7-10-8-18-13-6-4-5-11(15(10)13)16(12)14/h4-6,8,12,14,16,18H,3,7,9H2,1-2H3. The highest BCUT2D eigenvalue weighted by atomic mass is 16.5. The molecule has 0 bridgehead atoms. The summed E-state index contributed by atoms with van der Waals surface area (Å²) in [7, 11) is 2.12. The minimum atomic E-state index is -0.0483. The van der Waals surface area contributed by atoms with Crippen LogP contribution >= 0.6 is 0 Å². The first kappa shape index (κ1) is 12.9. The Morgan fingerprint density at radius 2 is 2.33 bits per heavy atom. The van der Waals surface area contributed by atoms with Crippen LogP contribution in [0, 0.1) is 5.92 Å². The Morgan fingerprint density at radius 1 is 1.48 bits per heavy atom. The van der Waals surface area contributed by atoms with E-state index in [2.05, 4.69) is 41.3 Å². The molecule has 3 unspecified atom stereocenters. The Hall–Kier alpha value is -1.81. The van der Waals surface area contributed by atoms with Crippen molar-refractivity contribution in [1.29, 1.82) is 0 Å². The number of fused-ring (bicyclic) bond motifs is 2. The molecule has 1 fully saturated rings. The number of aromatic nitrogens is 1. The Morgan fingerprint density at radius 3 is 3.14 bits per heavy atom. The van der Waals surface area contributed by atoms with Crippen molar-refractivity contribution in [3.05, 3.63) is 35.5 Å². The number of hydrogen-bond donors (Lipinski definition) is 1. The third-order valence-electron chi connectivity index (χ3n) is 5.10. The quantitative estimate of drug-likeness (QED) is 0.861. The van der Waals surface area contributed by atoms with Crippen molar-refractivity contribution in [2.24, 2.45) is 5.92 Å². The SMILES string of the molecule is CCOC(=O)C1CN(C)C2Cc3c[nH]c4cccc(c34)C12. The van der Waals surface area contributed by atoms with Gasteiger partial charge in [0.2, 0.25) is 0 Å². The van der Waals surface area contributed by atoms with E-state index in [0.29, 0.717) is 12.6 Å². The average molecular weight is 284 g/mol. The molecule has 110 valence electrons. The summed E-state index contributed by atoms with van der Waals surface area (Å²) < 4.78 is 5.32. The smallest absolute Gasteiger partial charge is 0.310 e. The summed E-state index contributed by atoms with van der Waals surface area (Å²) in [5.74, 6) is 0.155. The van der Waals surface area contributed by atoms with Gasteiger partial charge in [0.1, 0.15) is 0 Å². The lowest BCUT2D eigenvalue weighted by Gasteiger charge is -2.31.